The second kappa shape index (κ2) is 9.65. The second-order valence-electron chi connectivity index (χ2n) is 8.15. The van der Waals surface area contributed by atoms with Gasteiger partial charge in [0.15, 0.2) is 12.4 Å². The van der Waals surface area contributed by atoms with Gasteiger partial charge in [0.1, 0.15) is 0 Å². The standard InChI is InChI=1S/C28H26N2O3/c1-4-33-28(31)26(21-10-13-30(32)14-11-21)16-20-7-5-8-22(15-20)25-18-24(19(2)3)17-23-9-6-12-29-27(23)25/h5-19H,4H2,1-3H3/b26-16-. The highest BCUT2D eigenvalue weighted by atomic mass is 16.5. The molecule has 0 aliphatic carbocycles. The number of ether oxygens (including phenoxy) is 1. The Bertz CT molecular complexity index is 1320. The third-order valence-corrected chi connectivity index (χ3v) is 5.51. The molecular formula is C28H26N2O3. The van der Waals surface area contributed by atoms with E-state index in [1.807, 2.05) is 24.3 Å². The number of carbonyl (C=O) groups is 1. The van der Waals surface area contributed by atoms with Crippen molar-refractivity contribution in [2.24, 2.45) is 0 Å². The van der Waals surface area contributed by atoms with Crippen LogP contribution in [0, 0.1) is 5.21 Å². The average molecular weight is 439 g/mol. The lowest BCUT2D eigenvalue weighted by Gasteiger charge is -2.13. The zero-order valence-corrected chi connectivity index (χ0v) is 19.0. The van der Waals surface area contributed by atoms with E-state index in [0.29, 0.717) is 21.8 Å². The first-order chi connectivity index (χ1) is 16.0. The summed E-state index contributed by atoms with van der Waals surface area (Å²) >= 11 is 0. The minimum absolute atomic E-state index is 0.268. The van der Waals surface area contributed by atoms with Gasteiger partial charge in [-0.05, 0) is 59.9 Å². The first-order valence-electron chi connectivity index (χ1n) is 11.0. The first-order valence-corrected chi connectivity index (χ1v) is 11.0. The van der Waals surface area contributed by atoms with Gasteiger partial charge in [-0.2, -0.15) is 4.73 Å². The van der Waals surface area contributed by atoms with Gasteiger partial charge in [0, 0.05) is 34.8 Å². The van der Waals surface area contributed by atoms with Crippen molar-refractivity contribution in [2.75, 3.05) is 6.61 Å². The van der Waals surface area contributed by atoms with Crippen molar-refractivity contribution in [1.29, 1.82) is 0 Å². The Morgan fingerprint density at radius 1 is 1.09 bits per heavy atom. The number of esters is 1. The zero-order valence-electron chi connectivity index (χ0n) is 19.0. The van der Waals surface area contributed by atoms with E-state index in [-0.39, 0.29) is 6.61 Å². The minimum atomic E-state index is -0.430. The highest BCUT2D eigenvalue weighted by Gasteiger charge is 2.15. The number of aromatic nitrogens is 2. The topological polar surface area (TPSA) is 66.1 Å². The van der Waals surface area contributed by atoms with Crippen LogP contribution in [0.15, 0.2) is 79.3 Å². The summed E-state index contributed by atoms with van der Waals surface area (Å²) in [7, 11) is 0. The molecular weight excluding hydrogens is 412 g/mol. The molecule has 0 fully saturated rings. The van der Waals surface area contributed by atoms with Gasteiger partial charge in [0.25, 0.3) is 0 Å². The number of fused-ring (bicyclic) bond motifs is 1. The predicted molar refractivity (Wildman–Crippen MR) is 131 cm³/mol. The van der Waals surface area contributed by atoms with E-state index in [4.69, 9.17) is 4.74 Å². The van der Waals surface area contributed by atoms with Gasteiger partial charge >= 0.3 is 5.97 Å². The number of pyridine rings is 2. The van der Waals surface area contributed by atoms with Crippen molar-refractivity contribution in [3.05, 3.63) is 101 Å². The van der Waals surface area contributed by atoms with E-state index in [9.17, 15) is 10.0 Å². The van der Waals surface area contributed by atoms with Crippen LogP contribution in [0.3, 0.4) is 0 Å². The monoisotopic (exact) mass is 438 g/mol. The summed E-state index contributed by atoms with van der Waals surface area (Å²) in [5.41, 5.74) is 6.13. The van der Waals surface area contributed by atoms with Crippen molar-refractivity contribution < 1.29 is 14.3 Å². The molecule has 0 unspecified atom stereocenters. The highest BCUT2D eigenvalue weighted by molar-refractivity contribution is 6.21. The van der Waals surface area contributed by atoms with E-state index in [0.717, 1.165) is 27.6 Å². The van der Waals surface area contributed by atoms with Crippen LogP contribution in [-0.2, 0) is 9.53 Å². The Labute approximate surface area is 193 Å². The van der Waals surface area contributed by atoms with Crippen LogP contribution in [0.2, 0.25) is 0 Å². The van der Waals surface area contributed by atoms with Gasteiger partial charge in [-0.1, -0.05) is 38.1 Å². The summed E-state index contributed by atoms with van der Waals surface area (Å²) in [5, 5.41) is 12.6. The Morgan fingerprint density at radius 3 is 2.61 bits per heavy atom. The lowest BCUT2D eigenvalue weighted by atomic mass is 9.93. The predicted octanol–water partition coefficient (Wildman–Crippen LogP) is 5.76. The third-order valence-electron chi connectivity index (χ3n) is 5.51. The number of nitrogens with zero attached hydrogens (tertiary/aromatic N) is 2. The Morgan fingerprint density at radius 2 is 1.88 bits per heavy atom. The van der Waals surface area contributed by atoms with Crippen LogP contribution in [-0.4, -0.2) is 17.6 Å². The van der Waals surface area contributed by atoms with E-state index in [1.165, 1.54) is 18.0 Å². The molecule has 4 aromatic rings. The van der Waals surface area contributed by atoms with E-state index < -0.39 is 5.97 Å². The molecule has 0 aliphatic heterocycles. The number of carbonyl (C=O) groups excluding carboxylic acids is 1. The summed E-state index contributed by atoms with van der Waals surface area (Å²) in [6.45, 7) is 6.39. The third kappa shape index (κ3) is 4.93. The molecule has 0 aliphatic rings. The lowest BCUT2D eigenvalue weighted by Crippen LogP contribution is -2.24. The molecule has 0 saturated carbocycles. The molecule has 2 aromatic heterocycles. The molecule has 0 N–H and O–H groups in total. The van der Waals surface area contributed by atoms with Crippen molar-refractivity contribution >= 4 is 28.5 Å². The summed E-state index contributed by atoms with van der Waals surface area (Å²) in [5.74, 6) is -0.0471. The quantitative estimate of drug-likeness (QED) is 0.166. The number of hydrogen-bond donors (Lipinski definition) is 0. The number of hydrogen-bond acceptors (Lipinski definition) is 4. The van der Waals surface area contributed by atoms with Gasteiger partial charge in [0.2, 0.25) is 0 Å². The maximum Gasteiger partial charge on any atom is 0.338 e. The molecule has 0 bridgehead atoms. The molecule has 0 atom stereocenters. The molecule has 166 valence electrons. The molecule has 33 heavy (non-hydrogen) atoms. The van der Waals surface area contributed by atoms with Crippen LogP contribution < -0.4 is 4.73 Å². The fourth-order valence-corrected chi connectivity index (χ4v) is 3.79. The highest BCUT2D eigenvalue weighted by Crippen LogP contribution is 2.32. The molecule has 0 amide bonds. The Hall–Kier alpha value is -3.99. The Balaban J connectivity index is 1.84. The van der Waals surface area contributed by atoms with Crippen LogP contribution in [0.25, 0.3) is 33.7 Å². The van der Waals surface area contributed by atoms with Gasteiger partial charge < -0.3 is 9.94 Å². The molecule has 2 heterocycles. The van der Waals surface area contributed by atoms with E-state index in [2.05, 4.69) is 43.1 Å². The number of rotatable bonds is 6. The fourth-order valence-electron chi connectivity index (χ4n) is 3.79. The van der Waals surface area contributed by atoms with E-state index in [1.54, 1.807) is 31.3 Å². The van der Waals surface area contributed by atoms with E-state index >= 15 is 0 Å². The molecule has 0 saturated heterocycles. The minimum Gasteiger partial charge on any atom is -0.619 e. The lowest BCUT2D eigenvalue weighted by molar-refractivity contribution is -0.605. The van der Waals surface area contributed by atoms with Crippen molar-refractivity contribution in [2.45, 2.75) is 26.7 Å². The normalized spacial score (nSPS) is 11.7. The largest absolute Gasteiger partial charge is 0.619 e. The van der Waals surface area contributed by atoms with Crippen molar-refractivity contribution in [3.8, 4) is 11.1 Å². The summed E-state index contributed by atoms with van der Waals surface area (Å²) in [4.78, 5) is 17.3. The molecule has 0 radical (unpaired) electrons. The molecule has 2 aromatic carbocycles. The molecule has 5 heteroatoms. The fraction of sp³-hybridized carbons (Fsp3) is 0.179. The average Bonchev–Trinajstić information content (AvgIpc) is 2.82. The van der Waals surface area contributed by atoms with Crippen LogP contribution in [0.4, 0.5) is 0 Å². The molecule has 4 rings (SSSR count). The number of benzene rings is 2. The second-order valence-corrected chi connectivity index (χ2v) is 8.15. The summed E-state index contributed by atoms with van der Waals surface area (Å²) in [6.07, 6.45) is 6.34. The SMILES string of the molecule is CCOC(=O)/C(=C\c1cccc(-c2cc(C(C)C)cc3cccnc23)c1)c1cc[n+]([O-])cc1. The smallest absolute Gasteiger partial charge is 0.338 e. The maximum atomic E-state index is 12.7. The van der Waals surface area contributed by atoms with Crippen LogP contribution >= 0.6 is 0 Å². The van der Waals surface area contributed by atoms with Gasteiger partial charge in [-0.15, -0.1) is 0 Å². The molecule has 5 nitrogen and oxygen atoms in total. The first kappa shape index (κ1) is 22.2. The Kier molecular flexibility index (Phi) is 6.50. The maximum absolute atomic E-state index is 12.7. The van der Waals surface area contributed by atoms with Crippen LogP contribution in [0.1, 0.15) is 43.4 Å². The van der Waals surface area contributed by atoms with Gasteiger partial charge in [-0.3, -0.25) is 4.98 Å². The summed E-state index contributed by atoms with van der Waals surface area (Å²) < 4.78 is 5.96. The summed E-state index contributed by atoms with van der Waals surface area (Å²) in [6, 6.07) is 19.7. The molecule has 0 spiro atoms. The van der Waals surface area contributed by atoms with Gasteiger partial charge in [-0.25, -0.2) is 4.79 Å². The van der Waals surface area contributed by atoms with Crippen molar-refractivity contribution in [3.63, 3.8) is 0 Å². The van der Waals surface area contributed by atoms with Gasteiger partial charge in [0.05, 0.1) is 17.7 Å². The zero-order chi connectivity index (χ0) is 23.4. The van der Waals surface area contributed by atoms with Crippen LogP contribution in [0.5, 0.6) is 0 Å². The van der Waals surface area contributed by atoms with Crippen molar-refractivity contribution in [1.82, 2.24) is 4.98 Å².